The molecule has 1 radical (unpaired) electrons. The number of hydrogen-bond donors (Lipinski definition) is 0. The van der Waals surface area contributed by atoms with Crippen molar-refractivity contribution in [2.45, 2.75) is 26.4 Å². The van der Waals surface area contributed by atoms with E-state index in [2.05, 4.69) is 39.6 Å². The van der Waals surface area contributed by atoms with Gasteiger partial charge in [0, 0.05) is 9.26 Å². The second kappa shape index (κ2) is 6.54. The van der Waals surface area contributed by atoms with Crippen molar-refractivity contribution >= 4 is 40.8 Å². The van der Waals surface area contributed by atoms with E-state index in [1.807, 2.05) is 18.5 Å². The first-order valence-electron chi connectivity index (χ1n) is 7.26. The van der Waals surface area contributed by atoms with Gasteiger partial charge in [0.1, 0.15) is 18.7 Å². The second-order valence-corrected chi connectivity index (χ2v) is 7.70. The van der Waals surface area contributed by atoms with E-state index in [-0.39, 0.29) is 4.48 Å². The van der Waals surface area contributed by atoms with E-state index >= 15 is 0 Å². The number of rotatable bonds is 2. The van der Waals surface area contributed by atoms with Crippen LogP contribution < -0.4 is 4.90 Å². The van der Waals surface area contributed by atoms with E-state index in [1.165, 1.54) is 3.57 Å². The smallest absolute Gasteiger partial charge is 0.414 e. The van der Waals surface area contributed by atoms with Crippen LogP contribution in [0.3, 0.4) is 0 Å². The van der Waals surface area contributed by atoms with E-state index < -0.39 is 11.7 Å². The minimum Gasteiger partial charge on any atom is -0.414 e. The Morgan fingerprint density at radius 3 is 2.23 bits per heavy atom. The summed E-state index contributed by atoms with van der Waals surface area (Å²) >= 11 is 2.27. The Kier molecular flexibility index (Phi) is 5.11. The molecule has 2 rings (SSSR count). The zero-order valence-corrected chi connectivity index (χ0v) is 15.3. The van der Waals surface area contributed by atoms with Crippen molar-refractivity contribution < 1.29 is 18.8 Å². The highest BCUT2D eigenvalue weighted by molar-refractivity contribution is 14.1. The Bertz CT molecular complexity index is 544. The minimum absolute atomic E-state index is 0.377. The Labute approximate surface area is 145 Å². The van der Waals surface area contributed by atoms with Gasteiger partial charge in [-0.25, -0.2) is 4.79 Å². The van der Waals surface area contributed by atoms with Gasteiger partial charge in [-0.3, -0.25) is 0 Å². The van der Waals surface area contributed by atoms with Crippen molar-refractivity contribution in [2.75, 3.05) is 31.1 Å². The first-order valence-corrected chi connectivity index (χ1v) is 8.34. The highest BCUT2D eigenvalue weighted by Crippen LogP contribution is 2.22. The van der Waals surface area contributed by atoms with Crippen LogP contribution in [0.25, 0.3) is 0 Å². The fourth-order valence-corrected chi connectivity index (χ4v) is 2.74. The molecule has 1 aliphatic heterocycles. The summed E-state index contributed by atoms with van der Waals surface area (Å²) in [7, 11) is 0. The molecular formula is C16H21IN2O3+. The van der Waals surface area contributed by atoms with E-state index in [0.29, 0.717) is 26.2 Å². The topological polar surface area (TPSA) is 46.6 Å². The number of carbonyl (C=O) groups excluding carboxylic acids is 2. The average molecular weight is 416 g/mol. The molecule has 6 heteroatoms. The molecule has 0 atom stereocenters. The van der Waals surface area contributed by atoms with Crippen molar-refractivity contribution in [2.24, 2.45) is 0 Å². The number of halogens is 1. The number of benzene rings is 1. The Hall–Kier alpha value is -1.15. The number of imide groups is 1. The summed E-state index contributed by atoms with van der Waals surface area (Å²) < 4.78 is 6.18. The van der Waals surface area contributed by atoms with Crippen molar-refractivity contribution in [3.63, 3.8) is 0 Å². The lowest BCUT2D eigenvalue weighted by Gasteiger charge is -2.38. The first-order chi connectivity index (χ1) is 10.3. The normalized spacial score (nSPS) is 17.9. The number of amides is 2. The highest BCUT2D eigenvalue weighted by atomic mass is 127. The molecule has 5 nitrogen and oxygen atoms in total. The summed E-state index contributed by atoms with van der Waals surface area (Å²) in [5.41, 5.74) is 0.500. The van der Waals surface area contributed by atoms with Crippen LogP contribution >= 0.6 is 22.6 Å². The number of carbonyl (C=O) groups is 1. The van der Waals surface area contributed by atoms with E-state index in [4.69, 9.17) is 4.74 Å². The van der Waals surface area contributed by atoms with E-state index in [1.54, 1.807) is 20.8 Å². The predicted molar refractivity (Wildman–Crippen MR) is 93.3 cm³/mol. The maximum Gasteiger partial charge on any atom is 0.524 e. The molecule has 0 bridgehead atoms. The quantitative estimate of drug-likeness (QED) is 0.550. The molecule has 1 saturated heterocycles. The van der Waals surface area contributed by atoms with E-state index in [9.17, 15) is 9.59 Å². The standard InChI is InChI=1S/C16H21IN2O3/c1-16(2,3)22-15(21)19(12-20)10-8-18(9-11-19)14-6-4-13(17)5-7-14/h4-7H,8-11H2,1-3H3/q+1. The van der Waals surface area contributed by atoms with Gasteiger partial charge in [0.25, 0.3) is 0 Å². The van der Waals surface area contributed by atoms with Crippen molar-refractivity contribution in [1.82, 2.24) is 0 Å². The lowest BCUT2D eigenvalue weighted by Crippen LogP contribution is -2.62. The third-order valence-electron chi connectivity index (χ3n) is 3.61. The van der Waals surface area contributed by atoms with Crippen LogP contribution in [0.4, 0.5) is 10.5 Å². The molecule has 0 spiro atoms. The SMILES string of the molecule is CC(C)(C)OC(=O)[N+]1([C]=O)CCN(c2ccc(I)cc2)CC1. The number of ether oxygens (including phenoxy) is 1. The predicted octanol–water partition coefficient (Wildman–Crippen LogP) is 2.93. The largest absolute Gasteiger partial charge is 0.524 e. The van der Waals surface area contributed by atoms with Gasteiger partial charge in [0.15, 0.2) is 0 Å². The Balaban J connectivity index is 2.06. The molecule has 0 aliphatic carbocycles. The third kappa shape index (κ3) is 3.98. The molecule has 1 aromatic carbocycles. The number of hydrogen-bond acceptors (Lipinski definition) is 4. The van der Waals surface area contributed by atoms with Crippen molar-refractivity contribution in [3.8, 4) is 0 Å². The van der Waals surface area contributed by atoms with Crippen LogP contribution in [0.2, 0.25) is 0 Å². The fraction of sp³-hybridized carbons (Fsp3) is 0.500. The number of piperazine rings is 1. The molecule has 1 heterocycles. The van der Waals surface area contributed by atoms with Crippen LogP contribution in [0.5, 0.6) is 0 Å². The van der Waals surface area contributed by atoms with Crippen LogP contribution in [0.15, 0.2) is 24.3 Å². The summed E-state index contributed by atoms with van der Waals surface area (Å²) in [5, 5.41) is 0. The Morgan fingerprint density at radius 1 is 1.23 bits per heavy atom. The number of anilines is 1. The summed E-state index contributed by atoms with van der Waals surface area (Å²) in [6.07, 6.45) is 1.40. The second-order valence-electron chi connectivity index (χ2n) is 6.45. The lowest BCUT2D eigenvalue weighted by molar-refractivity contribution is -0.767. The van der Waals surface area contributed by atoms with Gasteiger partial charge < -0.3 is 9.64 Å². The van der Waals surface area contributed by atoms with Gasteiger partial charge in [-0.05, 0) is 67.6 Å². The van der Waals surface area contributed by atoms with Crippen molar-refractivity contribution in [1.29, 1.82) is 0 Å². The molecule has 0 unspecified atom stereocenters. The highest BCUT2D eigenvalue weighted by Gasteiger charge is 2.45. The molecular weight excluding hydrogens is 395 g/mol. The van der Waals surface area contributed by atoms with Gasteiger partial charge in [-0.1, -0.05) is 0 Å². The van der Waals surface area contributed by atoms with Crippen LogP contribution in [-0.4, -0.2) is 48.8 Å². The molecule has 1 fully saturated rings. The van der Waals surface area contributed by atoms with Gasteiger partial charge in [0.2, 0.25) is 0 Å². The summed E-state index contributed by atoms with van der Waals surface area (Å²) in [6, 6.07) is 8.21. The summed E-state index contributed by atoms with van der Waals surface area (Å²) in [6.45, 7) is 7.40. The molecule has 0 N–H and O–H groups in total. The monoisotopic (exact) mass is 416 g/mol. The number of nitrogens with zero attached hydrogens (tertiary/aromatic N) is 2. The van der Waals surface area contributed by atoms with Crippen LogP contribution in [0.1, 0.15) is 20.8 Å². The van der Waals surface area contributed by atoms with Gasteiger partial charge in [-0.2, -0.15) is 4.79 Å². The zero-order valence-electron chi connectivity index (χ0n) is 13.1. The van der Waals surface area contributed by atoms with E-state index in [0.717, 1.165) is 5.69 Å². The van der Waals surface area contributed by atoms with Crippen molar-refractivity contribution in [3.05, 3.63) is 27.8 Å². The zero-order chi connectivity index (χ0) is 16.4. The fourth-order valence-electron chi connectivity index (χ4n) is 2.38. The van der Waals surface area contributed by atoms with Gasteiger partial charge in [-0.15, -0.1) is 4.48 Å². The van der Waals surface area contributed by atoms with Gasteiger partial charge in [0.05, 0.1) is 13.1 Å². The molecule has 1 aromatic rings. The van der Waals surface area contributed by atoms with Crippen LogP contribution in [0, 0.1) is 3.57 Å². The summed E-state index contributed by atoms with van der Waals surface area (Å²) in [5.74, 6) is 0. The summed E-state index contributed by atoms with van der Waals surface area (Å²) in [4.78, 5) is 25.9. The maximum atomic E-state index is 12.3. The molecule has 0 saturated carbocycles. The molecule has 0 aromatic heterocycles. The third-order valence-corrected chi connectivity index (χ3v) is 4.33. The molecule has 1 aliphatic rings. The lowest BCUT2D eigenvalue weighted by atomic mass is 10.2. The molecule has 22 heavy (non-hydrogen) atoms. The van der Waals surface area contributed by atoms with Gasteiger partial charge >= 0.3 is 12.5 Å². The Morgan fingerprint density at radius 2 is 1.77 bits per heavy atom. The minimum atomic E-state index is -0.605. The maximum absolute atomic E-state index is 12.3. The average Bonchev–Trinajstić information content (AvgIpc) is 2.46. The molecule has 119 valence electrons. The van der Waals surface area contributed by atoms with Crippen LogP contribution in [-0.2, 0) is 9.53 Å². The first kappa shape index (κ1) is 17.2. The molecule has 2 amide bonds. The number of quaternary nitrogens is 1.